The minimum Gasteiger partial charge on any atom is -0.352 e. The molecule has 0 bridgehead atoms. The van der Waals surface area contributed by atoms with E-state index in [1.807, 2.05) is 0 Å². The molecule has 1 unspecified atom stereocenters. The van der Waals surface area contributed by atoms with Crippen LogP contribution in [-0.4, -0.2) is 42.1 Å². The van der Waals surface area contributed by atoms with Gasteiger partial charge in [0.25, 0.3) is 11.8 Å². The van der Waals surface area contributed by atoms with E-state index in [1.54, 1.807) is 53.4 Å². The van der Waals surface area contributed by atoms with E-state index >= 15 is 0 Å². The number of nitrogens with one attached hydrogen (secondary N) is 1. The highest BCUT2D eigenvalue weighted by molar-refractivity contribution is 6.33. The van der Waals surface area contributed by atoms with E-state index < -0.39 is 0 Å². The van der Waals surface area contributed by atoms with Crippen molar-refractivity contribution >= 4 is 29.2 Å². The van der Waals surface area contributed by atoms with E-state index in [2.05, 4.69) is 5.32 Å². The predicted octanol–water partition coefficient (Wildman–Crippen LogP) is 3.82. The Hall–Kier alpha value is -2.66. The molecule has 2 amide bonds. The summed E-state index contributed by atoms with van der Waals surface area (Å²) in [5.74, 6) is -0.304. The monoisotopic (exact) mass is 398 g/mol. The van der Waals surface area contributed by atoms with Crippen molar-refractivity contribution in [2.75, 3.05) is 19.6 Å². The third kappa shape index (κ3) is 4.60. The highest BCUT2D eigenvalue weighted by Gasteiger charge is 2.26. The molecule has 2 aromatic carbocycles. The van der Waals surface area contributed by atoms with Gasteiger partial charge in [-0.15, -0.1) is 0 Å². The molecule has 1 heterocycles. The molecule has 3 rings (SSSR count). The molecule has 1 atom stereocenters. The Kier molecular flexibility index (Phi) is 6.47. The SMILES string of the molecule is CC(=O)c1ccccc1C(=O)N1CCCC(CNC(=O)c2ccccc2Cl)C1. The number of rotatable bonds is 5. The van der Waals surface area contributed by atoms with Crippen molar-refractivity contribution in [3.8, 4) is 0 Å². The Morgan fingerprint density at radius 3 is 2.36 bits per heavy atom. The summed E-state index contributed by atoms with van der Waals surface area (Å²) in [7, 11) is 0. The zero-order valence-electron chi connectivity index (χ0n) is 15.8. The molecule has 0 spiro atoms. The summed E-state index contributed by atoms with van der Waals surface area (Å²) in [5, 5.41) is 3.34. The molecule has 1 aliphatic rings. The summed E-state index contributed by atoms with van der Waals surface area (Å²) in [4.78, 5) is 38.9. The van der Waals surface area contributed by atoms with E-state index in [4.69, 9.17) is 11.6 Å². The molecule has 0 aromatic heterocycles. The zero-order chi connectivity index (χ0) is 20.1. The van der Waals surface area contributed by atoms with Gasteiger partial charge in [0, 0.05) is 25.2 Å². The van der Waals surface area contributed by atoms with Gasteiger partial charge in [-0.2, -0.15) is 0 Å². The van der Waals surface area contributed by atoms with Crippen molar-refractivity contribution in [2.45, 2.75) is 19.8 Å². The van der Waals surface area contributed by atoms with Crippen LogP contribution in [0.1, 0.15) is 50.8 Å². The normalized spacial score (nSPS) is 16.5. The second-order valence-electron chi connectivity index (χ2n) is 7.05. The Morgan fingerprint density at radius 1 is 1.04 bits per heavy atom. The lowest BCUT2D eigenvalue weighted by Crippen LogP contribution is -2.44. The zero-order valence-corrected chi connectivity index (χ0v) is 16.5. The first-order valence-electron chi connectivity index (χ1n) is 9.39. The third-order valence-corrected chi connectivity index (χ3v) is 5.34. The highest BCUT2D eigenvalue weighted by atomic mass is 35.5. The summed E-state index contributed by atoms with van der Waals surface area (Å²) in [6, 6.07) is 13.8. The molecule has 0 radical (unpaired) electrons. The Morgan fingerprint density at radius 2 is 1.68 bits per heavy atom. The van der Waals surface area contributed by atoms with Crippen molar-refractivity contribution in [3.63, 3.8) is 0 Å². The van der Waals surface area contributed by atoms with Gasteiger partial charge in [0.2, 0.25) is 0 Å². The number of carbonyl (C=O) groups is 3. The molecular weight excluding hydrogens is 376 g/mol. The fourth-order valence-corrected chi connectivity index (χ4v) is 3.76. The van der Waals surface area contributed by atoms with Crippen LogP contribution in [0.25, 0.3) is 0 Å². The number of nitrogens with zero attached hydrogens (tertiary/aromatic N) is 1. The lowest BCUT2D eigenvalue weighted by molar-refractivity contribution is 0.0667. The lowest BCUT2D eigenvalue weighted by atomic mass is 9.96. The van der Waals surface area contributed by atoms with E-state index in [1.165, 1.54) is 6.92 Å². The molecule has 1 fully saturated rings. The number of hydrogen-bond donors (Lipinski definition) is 1. The number of likely N-dealkylation sites (tertiary alicyclic amines) is 1. The summed E-state index contributed by atoms with van der Waals surface area (Å²) in [6.45, 7) is 3.14. The molecule has 2 aromatic rings. The Labute approximate surface area is 169 Å². The summed E-state index contributed by atoms with van der Waals surface area (Å²) >= 11 is 6.07. The van der Waals surface area contributed by atoms with Gasteiger partial charge < -0.3 is 10.2 Å². The van der Waals surface area contributed by atoms with Crippen LogP contribution in [0.4, 0.5) is 0 Å². The fourth-order valence-electron chi connectivity index (χ4n) is 3.54. The first-order chi connectivity index (χ1) is 13.5. The van der Waals surface area contributed by atoms with Crippen LogP contribution in [-0.2, 0) is 0 Å². The summed E-state index contributed by atoms with van der Waals surface area (Å²) in [5.41, 5.74) is 1.33. The molecule has 0 aliphatic carbocycles. The average molecular weight is 399 g/mol. The number of Topliss-reactive ketones (excluding diaryl/α,β-unsaturated/α-hetero) is 1. The van der Waals surface area contributed by atoms with Crippen molar-refractivity contribution in [1.29, 1.82) is 0 Å². The number of piperidine rings is 1. The predicted molar refractivity (Wildman–Crippen MR) is 109 cm³/mol. The minimum absolute atomic E-state index is 0.121. The average Bonchev–Trinajstić information content (AvgIpc) is 2.72. The van der Waals surface area contributed by atoms with Gasteiger partial charge in [0.1, 0.15) is 0 Å². The number of hydrogen-bond acceptors (Lipinski definition) is 3. The molecule has 6 heteroatoms. The van der Waals surface area contributed by atoms with Crippen LogP contribution in [0.15, 0.2) is 48.5 Å². The minimum atomic E-state index is -0.212. The number of ketones is 1. The van der Waals surface area contributed by atoms with E-state index in [-0.39, 0.29) is 23.5 Å². The van der Waals surface area contributed by atoms with Gasteiger partial charge in [0.15, 0.2) is 5.78 Å². The van der Waals surface area contributed by atoms with Gasteiger partial charge in [-0.05, 0) is 43.9 Å². The van der Waals surface area contributed by atoms with Gasteiger partial charge in [-0.3, -0.25) is 14.4 Å². The lowest BCUT2D eigenvalue weighted by Gasteiger charge is -2.33. The van der Waals surface area contributed by atoms with Gasteiger partial charge >= 0.3 is 0 Å². The molecular formula is C22H23ClN2O3. The molecule has 1 aliphatic heterocycles. The van der Waals surface area contributed by atoms with Gasteiger partial charge in [0.05, 0.1) is 16.1 Å². The van der Waals surface area contributed by atoms with Crippen molar-refractivity contribution in [3.05, 3.63) is 70.2 Å². The summed E-state index contributed by atoms with van der Waals surface area (Å²) in [6.07, 6.45) is 1.79. The first-order valence-corrected chi connectivity index (χ1v) is 9.77. The Bertz CT molecular complexity index is 897. The van der Waals surface area contributed by atoms with Crippen molar-refractivity contribution < 1.29 is 14.4 Å². The van der Waals surface area contributed by atoms with E-state index in [9.17, 15) is 14.4 Å². The Balaban J connectivity index is 1.63. The number of halogens is 1. The van der Waals surface area contributed by atoms with E-state index in [0.717, 1.165) is 12.8 Å². The van der Waals surface area contributed by atoms with Gasteiger partial charge in [-0.25, -0.2) is 0 Å². The summed E-state index contributed by atoms with van der Waals surface area (Å²) < 4.78 is 0. The second kappa shape index (κ2) is 9.02. The molecule has 1 N–H and O–H groups in total. The standard InChI is InChI=1S/C22H23ClN2O3/c1-15(26)17-8-2-3-9-18(17)22(28)25-12-6-7-16(14-25)13-24-21(27)19-10-4-5-11-20(19)23/h2-5,8-11,16H,6-7,12-14H2,1H3,(H,24,27). The van der Waals surface area contributed by atoms with Crippen LogP contribution in [0, 0.1) is 5.92 Å². The third-order valence-electron chi connectivity index (χ3n) is 5.01. The smallest absolute Gasteiger partial charge is 0.254 e. The van der Waals surface area contributed by atoms with Crippen LogP contribution in [0.5, 0.6) is 0 Å². The van der Waals surface area contributed by atoms with Crippen LogP contribution in [0.2, 0.25) is 5.02 Å². The maximum Gasteiger partial charge on any atom is 0.254 e. The first kappa shape index (κ1) is 20.1. The van der Waals surface area contributed by atoms with Crippen molar-refractivity contribution in [1.82, 2.24) is 10.2 Å². The maximum atomic E-state index is 12.9. The number of carbonyl (C=O) groups excluding carboxylic acids is 3. The topological polar surface area (TPSA) is 66.5 Å². The maximum absolute atomic E-state index is 12.9. The molecule has 1 saturated heterocycles. The van der Waals surface area contributed by atoms with Crippen molar-refractivity contribution in [2.24, 2.45) is 5.92 Å². The molecule has 0 saturated carbocycles. The van der Waals surface area contributed by atoms with Gasteiger partial charge in [-0.1, -0.05) is 41.9 Å². The quantitative estimate of drug-likeness (QED) is 0.778. The van der Waals surface area contributed by atoms with Crippen LogP contribution < -0.4 is 5.32 Å². The highest BCUT2D eigenvalue weighted by Crippen LogP contribution is 2.21. The second-order valence-corrected chi connectivity index (χ2v) is 7.46. The van der Waals surface area contributed by atoms with Crippen LogP contribution >= 0.6 is 11.6 Å². The largest absolute Gasteiger partial charge is 0.352 e. The number of benzene rings is 2. The molecule has 28 heavy (non-hydrogen) atoms. The molecule has 5 nitrogen and oxygen atoms in total. The fraction of sp³-hybridized carbons (Fsp3) is 0.318. The van der Waals surface area contributed by atoms with E-state index in [0.29, 0.717) is 41.3 Å². The van der Waals surface area contributed by atoms with Crippen LogP contribution in [0.3, 0.4) is 0 Å². The molecule has 146 valence electrons. The number of amides is 2.